The normalized spacial score (nSPS) is 32.8. The van der Waals surface area contributed by atoms with Crippen molar-refractivity contribution in [1.29, 1.82) is 0 Å². The molecule has 0 spiro atoms. The second kappa shape index (κ2) is 6.17. The number of hydrogen-bond donors (Lipinski definition) is 2. The Morgan fingerprint density at radius 1 is 1.29 bits per heavy atom. The van der Waals surface area contributed by atoms with E-state index in [4.69, 9.17) is 10.5 Å². The maximum absolute atomic E-state index is 5.93. The second-order valence-electron chi connectivity index (χ2n) is 6.02. The molecule has 2 fully saturated rings. The van der Waals surface area contributed by atoms with Crippen LogP contribution in [0.2, 0.25) is 0 Å². The summed E-state index contributed by atoms with van der Waals surface area (Å²) in [7, 11) is 0. The Kier molecular flexibility index (Phi) is 4.83. The van der Waals surface area contributed by atoms with Crippen molar-refractivity contribution in [2.24, 2.45) is 11.7 Å². The molecule has 0 aromatic carbocycles. The zero-order chi connectivity index (χ0) is 12.1. The maximum atomic E-state index is 5.93. The molecule has 0 amide bonds. The fourth-order valence-corrected chi connectivity index (χ4v) is 3.30. The Balaban J connectivity index is 1.78. The van der Waals surface area contributed by atoms with E-state index in [9.17, 15) is 0 Å². The van der Waals surface area contributed by atoms with Gasteiger partial charge >= 0.3 is 0 Å². The first-order valence-electron chi connectivity index (χ1n) is 7.31. The smallest absolute Gasteiger partial charge is 0.0779 e. The van der Waals surface area contributed by atoms with Crippen molar-refractivity contribution in [3.05, 3.63) is 0 Å². The standard InChI is InChI=1S/C14H28N2O/c1-14(8-5-9-17-14)11-16-13(10-15)12-6-3-2-4-7-12/h12-13,16H,2-11,15H2,1H3. The second-order valence-corrected chi connectivity index (χ2v) is 6.02. The van der Waals surface area contributed by atoms with E-state index < -0.39 is 0 Å². The summed E-state index contributed by atoms with van der Waals surface area (Å²) in [4.78, 5) is 0. The highest BCUT2D eigenvalue weighted by atomic mass is 16.5. The zero-order valence-electron chi connectivity index (χ0n) is 11.2. The molecule has 2 unspecified atom stereocenters. The Morgan fingerprint density at radius 2 is 2.06 bits per heavy atom. The van der Waals surface area contributed by atoms with Crippen LogP contribution in [0.5, 0.6) is 0 Å². The lowest BCUT2D eigenvalue weighted by Crippen LogP contribution is -2.48. The van der Waals surface area contributed by atoms with Gasteiger partial charge in [-0.1, -0.05) is 19.3 Å². The molecule has 1 saturated heterocycles. The molecule has 3 N–H and O–H groups in total. The largest absolute Gasteiger partial charge is 0.374 e. The van der Waals surface area contributed by atoms with Crippen LogP contribution < -0.4 is 11.1 Å². The Labute approximate surface area is 105 Å². The van der Waals surface area contributed by atoms with Gasteiger partial charge in [-0.2, -0.15) is 0 Å². The maximum Gasteiger partial charge on any atom is 0.0779 e. The van der Waals surface area contributed by atoms with E-state index in [1.807, 2.05) is 0 Å². The molecule has 2 aliphatic rings. The summed E-state index contributed by atoms with van der Waals surface area (Å²) < 4.78 is 5.82. The lowest BCUT2D eigenvalue weighted by molar-refractivity contribution is 0.0168. The highest BCUT2D eigenvalue weighted by molar-refractivity contribution is 4.87. The van der Waals surface area contributed by atoms with E-state index in [-0.39, 0.29) is 5.60 Å². The summed E-state index contributed by atoms with van der Waals surface area (Å²) in [6.07, 6.45) is 9.28. The van der Waals surface area contributed by atoms with Gasteiger partial charge in [0.25, 0.3) is 0 Å². The van der Waals surface area contributed by atoms with Gasteiger partial charge in [-0.15, -0.1) is 0 Å². The van der Waals surface area contributed by atoms with Crippen LogP contribution >= 0.6 is 0 Å². The summed E-state index contributed by atoms with van der Waals surface area (Å²) in [5, 5.41) is 3.67. The molecule has 0 radical (unpaired) electrons. The average molecular weight is 240 g/mol. The molecule has 1 saturated carbocycles. The molecule has 1 heterocycles. The fraction of sp³-hybridized carbons (Fsp3) is 1.00. The third-order valence-electron chi connectivity index (χ3n) is 4.51. The van der Waals surface area contributed by atoms with Crippen LogP contribution in [0.1, 0.15) is 51.9 Å². The summed E-state index contributed by atoms with van der Waals surface area (Å²) in [6.45, 7) is 4.88. The van der Waals surface area contributed by atoms with E-state index in [2.05, 4.69) is 12.2 Å². The molecule has 100 valence electrons. The van der Waals surface area contributed by atoms with Crippen molar-refractivity contribution in [1.82, 2.24) is 5.32 Å². The van der Waals surface area contributed by atoms with Gasteiger partial charge in [0.2, 0.25) is 0 Å². The van der Waals surface area contributed by atoms with Crippen LogP contribution in [-0.4, -0.2) is 31.3 Å². The monoisotopic (exact) mass is 240 g/mol. The highest BCUT2D eigenvalue weighted by Crippen LogP contribution is 2.28. The minimum atomic E-state index is 0.0576. The van der Waals surface area contributed by atoms with Crippen molar-refractivity contribution >= 4 is 0 Å². The van der Waals surface area contributed by atoms with Gasteiger partial charge in [0, 0.05) is 25.7 Å². The highest BCUT2D eigenvalue weighted by Gasteiger charge is 2.31. The predicted octanol–water partition coefficient (Wildman–Crippen LogP) is 2.05. The first-order valence-corrected chi connectivity index (χ1v) is 7.31. The van der Waals surface area contributed by atoms with Crippen LogP contribution in [0.15, 0.2) is 0 Å². The van der Waals surface area contributed by atoms with Crippen molar-refractivity contribution < 1.29 is 4.74 Å². The topological polar surface area (TPSA) is 47.3 Å². The lowest BCUT2D eigenvalue weighted by Gasteiger charge is -2.33. The zero-order valence-corrected chi connectivity index (χ0v) is 11.2. The molecule has 2 atom stereocenters. The molecule has 3 nitrogen and oxygen atoms in total. The molecule has 0 bridgehead atoms. The van der Waals surface area contributed by atoms with E-state index in [1.165, 1.54) is 44.9 Å². The predicted molar refractivity (Wildman–Crippen MR) is 71.0 cm³/mol. The van der Waals surface area contributed by atoms with E-state index in [1.54, 1.807) is 0 Å². The van der Waals surface area contributed by atoms with Crippen LogP contribution in [0.4, 0.5) is 0 Å². The third kappa shape index (κ3) is 3.67. The van der Waals surface area contributed by atoms with Crippen LogP contribution in [0.25, 0.3) is 0 Å². The number of rotatable bonds is 5. The van der Waals surface area contributed by atoms with Gasteiger partial charge in [-0.25, -0.2) is 0 Å². The van der Waals surface area contributed by atoms with Gasteiger partial charge < -0.3 is 15.8 Å². The summed E-state index contributed by atoms with van der Waals surface area (Å²) in [6, 6.07) is 0.497. The molecule has 3 heteroatoms. The van der Waals surface area contributed by atoms with Gasteiger partial charge in [0.15, 0.2) is 0 Å². The molecule has 0 aromatic rings. The molecule has 1 aliphatic heterocycles. The van der Waals surface area contributed by atoms with Crippen LogP contribution in [0.3, 0.4) is 0 Å². The molecule has 17 heavy (non-hydrogen) atoms. The van der Waals surface area contributed by atoms with Crippen LogP contribution in [-0.2, 0) is 4.74 Å². The fourth-order valence-electron chi connectivity index (χ4n) is 3.30. The van der Waals surface area contributed by atoms with Gasteiger partial charge in [0.1, 0.15) is 0 Å². The average Bonchev–Trinajstić information content (AvgIpc) is 2.79. The van der Waals surface area contributed by atoms with Crippen molar-refractivity contribution in [3.63, 3.8) is 0 Å². The number of nitrogens with one attached hydrogen (secondary N) is 1. The molecular formula is C14H28N2O. The minimum absolute atomic E-state index is 0.0576. The lowest BCUT2D eigenvalue weighted by atomic mass is 9.83. The Hall–Kier alpha value is -0.120. The van der Waals surface area contributed by atoms with E-state index >= 15 is 0 Å². The summed E-state index contributed by atoms with van der Waals surface area (Å²) >= 11 is 0. The van der Waals surface area contributed by atoms with E-state index in [0.29, 0.717) is 6.04 Å². The van der Waals surface area contributed by atoms with Gasteiger partial charge in [-0.05, 0) is 38.5 Å². The third-order valence-corrected chi connectivity index (χ3v) is 4.51. The van der Waals surface area contributed by atoms with Crippen molar-refractivity contribution in [2.45, 2.75) is 63.5 Å². The Bertz CT molecular complexity index is 220. The van der Waals surface area contributed by atoms with Gasteiger partial charge in [0.05, 0.1) is 5.60 Å². The summed E-state index contributed by atoms with van der Waals surface area (Å²) in [5.74, 6) is 0.791. The van der Waals surface area contributed by atoms with E-state index in [0.717, 1.165) is 25.6 Å². The first-order chi connectivity index (χ1) is 8.23. The molecule has 0 aromatic heterocycles. The summed E-state index contributed by atoms with van der Waals surface area (Å²) in [5.41, 5.74) is 5.99. The first kappa shape index (κ1) is 13.3. The molecular weight excluding hydrogens is 212 g/mol. The Morgan fingerprint density at radius 3 is 2.65 bits per heavy atom. The quantitative estimate of drug-likeness (QED) is 0.773. The van der Waals surface area contributed by atoms with Crippen molar-refractivity contribution in [2.75, 3.05) is 19.7 Å². The number of hydrogen-bond acceptors (Lipinski definition) is 3. The number of ether oxygens (including phenoxy) is 1. The van der Waals surface area contributed by atoms with Crippen LogP contribution in [0, 0.1) is 5.92 Å². The van der Waals surface area contributed by atoms with Gasteiger partial charge in [-0.3, -0.25) is 0 Å². The molecule has 1 aliphatic carbocycles. The minimum Gasteiger partial charge on any atom is -0.374 e. The molecule has 2 rings (SSSR count). The van der Waals surface area contributed by atoms with Crippen molar-refractivity contribution in [3.8, 4) is 0 Å². The number of nitrogens with two attached hydrogens (primary N) is 1. The SMILES string of the molecule is CC1(CNC(CN)C2CCCCC2)CCCO1.